The highest BCUT2D eigenvalue weighted by Gasteiger charge is 2.39. The lowest BCUT2D eigenvalue weighted by molar-refractivity contribution is 0.337. The molecule has 0 radical (unpaired) electrons. The minimum Gasteiger partial charge on any atom is -0.397 e. The highest BCUT2D eigenvalue weighted by atomic mass is 15.2. The summed E-state index contributed by atoms with van der Waals surface area (Å²) in [6.45, 7) is 3.24. The lowest BCUT2D eigenvalue weighted by Crippen LogP contribution is -2.29. The summed E-state index contributed by atoms with van der Waals surface area (Å²) in [4.78, 5) is 6.80. The Hall–Kier alpha value is -1.25. The van der Waals surface area contributed by atoms with Crippen LogP contribution >= 0.6 is 0 Å². The van der Waals surface area contributed by atoms with Gasteiger partial charge in [0, 0.05) is 13.6 Å². The maximum absolute atomic E-state index is 5.76. The molecule has 3 unspecified atom stereocenters. The van der Waals surface area contributed by atoms with E-state index in [4.69, 9.17) is 5.73 Å². The molecular weight excluding hydrogens is 222 g/mol. The Bertz CT molecular complexity index is 443. The first-order chi connectivity index (χ1) is 8.63. The summed E-state index contributed by atoms with van der Waals surface area (Å²) in [6, 6.07) is 2.01. The quantitative estimate of drug-likeness (QED) is 0.890. The standard InChI is InChI=1S/C15H23N3/c1-10-5-14(16)8-17-15(10)18(2)9-13-7-11-3-4-12(13)6-11/h5,8,11-13H,3-4,6-7,9,16H2,1-2H3. The number of nitrogens with two attached hydrogens (primary N) is 1. The van der Waals surface area contributed by atoms with Crippen LogP contribution in [0.2, 0.25) is 0 Å². The van der Waals surface area contributed by atoms with Crippen LogP contribution in [0.15, 0.2) is 12.3 Å². The van der Waals surface area contributed by atoms with Gasteiger partial charge in [-0.25, -0.2) is 4.98 Å². The number of hydrogen-bond acceptors (Lipinski definition) is 3. The molecule has 3 heteroatoms. The number of rotatable bonds is 3. The van der Waals surface area contributed by atoms with Gasteiger partial charge in [-0.3, -0.25) is 0 Å². The Morgan fingerprint density at radius 1 is 1.39 bits per heavy atom. The van der Waals surface area contributed by atoms with Crippen molar-refractivity contribution in [3.05, 3.63) is 17.8 Å². The maximum atomic E-state index is 5.76. The molecule has 1 aromatic rings. The van der Waals surface area contributed by atoms with Crippen LogP contribution in [0.25, 0.3) is 0 Å². The van der Waals surface area contributed by atoms with Gasteiger partial charge >= 0.3 is 0 Å². The second-order valence-electron chi connectivity index (χ2n) is 6.22. The van der Waals surface area contributed by atoms with E-state index in [1.165, 1.54) is 31.2 Å². The van der Waals surface area contributed by atoms with E-state index in [1.54, 1.807) is 6.20 Å². The summed E-state index contributed by atoms with van der Waals surface area (Å²) in [6.07, 6.45) is 7.61. The van der Waals surface area contributed by atoms with Crippen molar-refractivity contribution in [3.8, 4) is 0 Å². The lowest BCUT2D eigenvalue weighted by atomic mass is 9.88. The smallest absolute Gasteiger partial charge is 0.131 e. The van der Waals surface area contributed by atoms with Gasteiger partial charge in [-0.1, -0.05) is 6.42 Å². The van der Waals surface area contributed by atoms with Crippen molar-refractivity contribution >= 4 is 11.5 Å². The summed E-state index contributed by atoms with van der Waals surface area (Å²) in [7, 11) is 2.16. The topological polar surface area (TPSA) is 42.1 Å². The second kappa shape index (κ2) is 4.45. The number of nitrogens with zero attached hydrogens (tertiary/aromatic N) is 2. The predicted octanol–water partition coefficient (Wildman–Crippen LogP) is 2.84. The van der Waals surface area contributed by atoms with Crippen LogP contribution in [0.3, 0.4) is 0 Å². The minimum atomic E-state index is 0.754. The molecule has 2 fully saturated rings. The van der Waals surface area contributed by atoms with Crippen molar-refractivity contribution in [1.29, 1.82) is 0 Å². The summed E-state index contributed by atoms with van der Waals surface area (Å²) in [5.41, 5.74) is 7.70. The Kier molecular flexibility index (Phi) is 2.92. The first kappa shape index (κ1) is 11.8. The summed E-state index contributed by atoms with van der Waals surface area (Å²) < 4.78 is 0. The Labute approximate surface area is 109 Å². The van der Waals surface area contributed by atoms with E-state index in [2.05, 4.69) is 23.9 Å². The molecule has 3 atom stereocenters. The van der Waals surface area contributed by atoms with Gasteiger partial charge in [0.25, 0.3) is 0 Å². The number of aromatic nitrogens is 1. The number of aryl methyl sites for hydroxylation is 1. The van der Waals surface area contributed by atoms with Crippen LogP contribution in [-0.2, 0) is 0 Å². The molecule has 1 aromatic heterocycles. The Balaban J connectivity index is 1.69. The van der Waals surface area contributed by atoms with Crippen LogP contribution in [0.4, 0.5) is 11.5 Å². The number of pyridine rings is 1. The van der Waals surface area contributed by atoms with Crippen LogP contribution in [0.5, 0.6) is 0 Å². The van der Waals surface area contributed by atoms with E-state index in [0.29, 0.717) is 0 Å². The van der Waals surface area contributed by atoms with Gasteiger partial charge in [0.15, 0.2) is 0 Å². The predicted molar refractivity (Wildman–Crippen MR) is 75.6 cm³/mol. The van der Waals surface area contributed by atoms with Crippen molar-refractivity contribution in [2.24, 2.45) is 17.8 Å². The van der Waals surface area contributed by atoms with Crippen LogP contribution in [-0.4, -0.2) is 18.6 Å². The van der Waals surface area contributed by atoms with Crippen LogP contribution < -0.4 is 10.6 Å². The first-order valence-electron chi connectivity index (χ1n) is 7.06. The second-order valence-corrected chi connectivity index (χ2v) is 6.22. The van der Waals surface area contributed by atoms with E-state index < -0.39 is 0 Å². The molecule has 0 saturated heterocycles. The third-order valence-electron chi connectivity index (χ3n) is 4.83. The molecule has 2 aliphatic rings. The molecule has 0 spiro atoms. The lowest BCUT2D eigenvalue weighted by Gasteiger charge is -2.28. The molecule has 3 rings (SSSR count). The van der Waals surface area contributed by atoms with E-state index >= 15 is 0 Å². The zero-order valence-corrected chi connectivity index (χ0v) is 11.4. The zero-order valence-electron chi connectivity index (χ0n) is 11.4. The molecule has 1 heterocycles. The van der Waals surface area contributed by atoms with Gasteiger partial charge in [0.1, 0.15) is 5.82 Å². The maximum Gasteiger partial charge on any atom is 0.131 e. The third kappa shape index (κ3) is 2.06. The van der Waals surface area contributed by atoms with Gasteiger partial charge in [-0.05, 0) is 55.6 Å². The number of anilines is 2. The molecule has 0 amide bonds. The Morgan fingerprint density at radius 2 is 2.22 bits per heavy atom. The molecule has 2 aliphatic carbocycles. The third-order valence-corrected chi connectivity index (χ3v) is 4.83. The minimum absolute atomic E-state index is 0.754. The van der Waals surface area contributed by atoms with Gasteiger partial charge in [-0.15, -0.1) is 0 Å². The van der Waals surface area contributed by atoms with E-state index in [9.17, 15) is 0 Å². The molecule has 2 saturated carbocycles. The van der Waals surface area contributed by atoms with Crippen molar-refractivity contribution in [1.82, 2.24) is 4.98 Å². The van der Waals surface area contributed by atoms with Crippen LogP contribution in [0, 0.1) is 24.7 Å². The van der Waals surface area contributed by atoms with E-state index in [0.717, 1.165) is 35.8 Å². The molecule has 3 nitrogen and oxygen atoms in total. The van der Waals surface area contributed by atoms with Crippen molar-refractivity contribution in [3.63, 3.8) is 0 Å². The summed E-state index contributed by atoms with van der Waals surface area (Å²) >= 11 is 0. The Morgan fingerprint density at radius 3 is 2.83 bits per heavy atom. The fourth-order valence-corrected chi connectivity index (χ4v) is 4.03. The molecule has 18 heavy (non-hydrogen) atoms. The van der Waals surface area contributed by atoms with Gasteiger partial charge < -0.3 is 10.6 Å². The number of nitrogen functional groups attached to an aromatic ring is 1. The fraction of sp³-hybridized carbons (Fsp3) is 0.667. The molecular formula is C15H23N3. The average Bonchev–Trinajstić information content (AvgIpc) is 2.90. The summed E-state index contributed by atoms with van der Waals surface area (Å²) in [5.74, 6) is 3.97. The van der Waals surface area contributed by atoms with Crippen molar-refractivity contribution in [2.45, 2.75) is 32.6 Å². The first-order valence-corrected chi connectivity index (χ1v) is 7.06. The highest BCUT2D eigenvalue weighted by molar-refractivity contribution is 5.52. The van der Waals surface area contributed by atoms with E-state index in [-0.39, 0.29) is 0 Å². The van der Waals surface area contributed by atoms with Gasteiger partial charge in [0.2, 0.25) is 0 Å². The molecule has 0 aliphatic heterocycles. The van der Waals surface area contributed by atoms with E-state index in [1.807, 2.05) is 6.07 Å². The van der Waals surface area contributed by atoms with Crippen LogP contribution in [0.1, 0.15) is 31.2 Å². The normalized spacial score (nSPS) is 29.8. The van der Waals surface area contributed by atoms with Gasteiger partial charge in [0.05, 0.1) is 11.9 Å². The SMILES string of the molecule is Cc1cc(N)cnc1N(C)CC1CC2CCC1C2. The fourth-order valence-electron chi connectivity index (χ4n) is 4.03. The molecule has 0 aromatic carbocycles. The molecule has 2 N–H and O–H groups in total. The average molecular weight is 245 g/mol. The molecule has 98 valence electrons. The van der Waals surface area contributed by atoms with Crippen molar-refractivity contribution in [2.75, 3.05) is 24.2 Å². The van der Waals surface area contributed by atoms with Crippen molar-refractivity contribution < 1.29 is 0 Å². The summed E-state index contributed by atoms with van der Waals surface area (Å²) in [5, 5.41) is 0. The zero-order chi connectivity index (χ0) is 12.7. The molecule has 2 bridgehead atoms. The number of fused-ring (bicyclic) bond motifs is 2. The number of hydrogen-bond donors (Lipinski definition) is 1. The monoisotopic (exact) mass is 245 g/mol. The van der Waals surface area contributed by atoms with Gasteiger partial charge in [-0.2, -0.15) is 0 Å². The highest BCUT2D eigenvalue weighted by Crippen LogP contribution is 2.48. The largest absolute Gasteiger partial charge is 0.397 e.